The van der Waals surface area contributed by atoms with Gasteiger partial charge in [-0.05, 0) is 52.4 Å². The minimum absolute atomic E-state index is 0.0564. The molecule has 1 aliphatic rings. The number of amides is 1. The lowest BCUT2D eigenvalue weighted by Crippen LogP contribution is -2.43. The van der Waals surface area contributed by atoms with Crippen LogP contribution in [0, 0.1) is 18.3 Å². The highest BCUT2D eigenvalue weighted by atomic mass is 16.5. The summed E-state index contributed by atoms with van der Waals surface area (Å²) in [6.07, 6.45) is -0.728. The van der Waals surface area contributed by atoms with Crippen molar-refractivity contribution < 1.29 is 19.4 Å². The van der Waals surface area contributed by atoms with Gasteiger partial charge in [-0.3, -0.25) is 0 Å². The third kappa shape index (κ3) is 4.19. The second-order valence-electron chi connectivity index (χ2n) is 7.82. The molecular weight excluding hydrogens is 404 g/mol. The Balaban J connectivity index is 1.45. The van der Waals surface area contributed by atoms with Gasteiger partial charge in [0.25, 0.3) is 0 Å². The number of ether oxygens (including phenoxy) is 1. The molecule has 6 heteroatoms. The summed E-state index contributed by atoms with van der Waals surface area (Å²) in [5.74, 6) is -1.27. The van der Waals surface area contributed by atoms with Crippen LogP contribution in [-0.2, 0) is 16.0 Å². The third-order valence-electron chi connectivity index (χ3n) is 5.84. The highest BCUT2D eigenvalue weighted by Crippen LogP contribution is 2.44. The van der Waals surface area contributed by atoms with Gasteiger partial charge in [-0.15, -0.1) is 0 Å². The lowest BCUT2D eigenvalue weighted by Gasteiger charge is -2.18. The van der Waals surface area contributed by atoms with Crippen molar-refractivity contribution in [2.24, 2.45) is 0 Å². The number of aliphatic carboxylic acids is 1. The zero-order chi connectivity index (χ0) is 22.7. The van der Waals surface area contributed by atoms with E-state index >= 15 is 0 Å². The summed E-state index contributed by atoms with van der Waals surface area (Å²) in [7, 11) is 0. The maximum atomic E-state index is 12.5. The molecule has 2 N–H and O–H groups in total. The summed E-state index contributed by atoms with van der Waals surface area (Å²) >= 11 is 0. The van der Waals surface area contributed by atoms with Crippen molar-refractivity contribution in [1.82, 2.24) is 5.32 Å². The van der Waals surface area contributed by atoms with Crippen LogP contribution in [0.3, 0.4) is 0 Å². The van der Waals surface area contributed by atoms with E-state index in [1.54, 1.807) is 18.2 Å². The molecule has 1 aliphatic carbocycles. The van der Waals surface area contributed by atoms with Gasteiger partial charge in [0.15, 0.2) is 0 Å². The van der Waals surface area contributed by atoms with Crippen molar-refractivity contribution in [2.75, 3.05) is 6.61 Å². The SMILES string of the molecule is Cc1ccc(C#N)cc1C[C@@H](NC(=O)OCC1c2ccccc2-c2ccccc21)C(=O)O. The minimum atomic E-state index is -1.17. The predicted octanol–water partition coefficient (Wildman–Crippen LogP) is 4.40. The number of alkyl carbamates (subject to hydrolysis) is 1. The van der Waals surface area contributed by atoms with Crippen LogP contribution in [0.15, 0.2) is 66.7 Å². The molecule has 32 heavy (non-hydrogen) atoms. The van der Waals surface area contributed by atoms with Crippen LogP contribution >= 0.6 is 0 Å². The van der Waals surface area contributed by atoms with E-state index in [1.165, 1.54) is 0 Å². The number of hydrogen-bond acceptors (Lipinski definition) is 4. The van der Waals surface area contributed by atoms with E-state index in [9.17, 15) is 14.7 Å². The molecule has 0 heterocycles. The first-order valence-electron chi connectivity index (χ1n) is 10.3. The Labute approximate surface area is 186 Å². The van der Waals surface area contributed by atoms with E-state index in [1.807, 2.05) is 61.5 Å². The second kappa shape index (κ2) is 8.94. The van der Waals surface area contributed by atoms with Crippen molar-refractivity contribution >= 4 is 12.1 Å². The molecule has 4 rings (SSSR count). The highest BCUT2D eigenvalue weighted by Gasteiger charge is 2.30. The maximum Gasteiger partial charge on any atom is 0.407 e. The smallest absolute Gasteiger partial charge is 0.407 e. The van der Waals surface area contributed by atoms with E-state index in [2.05, 4.69) is 5.32 Å². The minimum Gasteiger partial charge on any atom is -0.480 e. The van der Waals surface area contributed by atoms with E-state index in [0.717, 1.165) is 27.8 Å². The molecule has 0 saturated heterocycles. The summed E-state index contributed by atoms with van der Waals surface area (Å²) in [6, 6.07) is 22.0. The van der Waals surface area contributed by atoms with Crippen molar-refractivity contribution in [2.45, 2.75) is 25.3 Å². The molecule has 0 bridgehead atoms. The van der Waals surface area contributed by atoms with Crippen LogP contribution in [0.2, 0.25) is 0 Å². The highest BCUT2D eigenvalue weighted by molar-refractivity contribution is 5.81. The van der Waals surface area contributed by atoms with E-state index in [-0.39, 0.29) is 18.9 Å². The Hall–Kier alpha value is -4.11. The number of nitrogens with zero attached hydrogens (tertiary/aromatic N) is 1. The number of carbonyl (C=O) groups is 2. The molecule has 0 saturated carbocycles. The van der Waals surface area contributed by atoms with Gasteiger partial charge in [0.05, 0.1) is 11.6 Å². The van der Waals surface area contributed by atoms with Crippen molar-refractivity contribution in [3.8, 4) is 17.2 Å². The first kappa shape index (κ1) is 21.1. The molecule has 3 aromatic carbocycles. The second-order valence-corrected chi connectivity index (χ2v) is 7.82. The van der Waals surface area contributed by atoms with Gasteiger partial charge in [-0.2, -0.15) is 5.26 Å². The number of nitrogens with one attached hydrogen (secondary N) is 1. The fourth-order valence-electron chi connectivity index (χ4n) is 4.16. The average Bonchev–Trinajstić information content (AvgIpc) is 3.12. The summed E-state index contributed by atoms with van der Waals surface area (Å²) in [4.78, 5) is 24.2. The van der Waals surface area contributed by atoms with Gasteiger partial charge in [0.1, 0.15) is 12.6 Å². The van der Waals surface area contributed by atoms with Crippen molar-refractivity contribution in [1.29, 1.82) is 5.26 Å². The number of hydrogen-bond donors (Lipinski definition) is 2. The number of benzene rings is 3. The molecule has 1 atom stereocenters. The quantitative estimate of drug-likeness (QED) is 0.609. The lowest BCUT2D eigenvalue weighted by molar-refractivity contribution is -0.139. The summed E-state index contributed by atoms with van der Waals surface area (Å²) in [6.45, 7) is 1.94. The topological polar surface area (TPSA) is 99.4 Å². The van der Waals surface area contributed by atoms with Crippen molar-refractivity contribution in [3.05, 3.63) is 94.5 Å². The molecule has 0 fully saturated rings. The van der Waals surface area contributed by atoms with Crippen LogP contribution in [0.1, 0.15) is 33.7 Å². The monoisotopic (exact) mass is 426 g/mol. The number of fused-ring (bicyclic) bond motifs is 3. The first-order chi connectivity index (χ1) is 15.5. The standard InChI is InChI=1S/C26H22N2O4/c1-16-10-11-17(14-27)12-18(16)13-24(25(29)30)28-26(31)32-15-23-21-8-4-2-6-19(21)20-7-3-5-9-22(20)23/h2-12,23-24H,13,15H2,1H3,(H,28,31)(H,29,30)/t24-/m1/s1. The molecule has 6 nitrogen and oxygen atoms in total. The Morgan fingerprint density at radius 3 is 2.28 bits per heavy atom. The number of nitriles is 1. The normalized spacial score (nSPS) is 12.9. The largest absolute Gasteiger partial charge is 0.480 e. The van der Waals surface area contributed by atoms with Crippen LogP contribution in [0.4, 0.5) is 4.79 Å². The molecule has 3 aromatic rings. The van der Waals surface area contributed by atoms with Crippen LogP contribution in [-0.4, -0.2) is 29.8 Å². The Kier molecular flexibility index (Phi) is 5.91. The van der Waals surface area contributed by atoms with Gasteiger partial charge >= 0.3 is 12.1 Å². The van der Waals surface area contributed by atoms with Gasteiger partial charge in [0, 0.05) is 12.3 Å². The molecule has 0 radical (unpaired) electrons. The number of carbonyl (C=O) groups excluding carboxylic acids is 1. The summed E-state index contributed by atoms with van der Waals surface area (Å²) < 4.78 is 5.47. The first-order valence-corrected chi connectivity index (χ1v) is 10.3. The molecule has 0 aliphatic heterocycles. The molecule has 0 spiro atoms. The molecule has 160 valence electrons. The van der Waals surface area contributed by atoms with Gasteiger partial charge in [0.2, 0.25) is 0 Å². The number of carboxylic acids is 1. The fourth-order valence-corrected chi connectivity index (χ4v) is 4.16. The van der Waals surface area contributed by atoms with Gasteiger partial charge in [-0.1, -0.05) is 54.6 Å². The van der Waals surface area contributed by atoms with Gasteiger partial charge < -0.3 is 15.2 Å². The van der Waals surface area contributed by atoms with Crippen LogP contribution < -0.4 is 5.32 Å². The Morgan fingerprint density at radius 2 is 1.69 bits per heavy atom. The van der Waals surface area contributed by atoms with Crippen molar-refractivity contribution in [3.63, 3.8) is 0 Å². The third-order valence-corrected chi connectivity index (χ3v) is 5.84. The summed E-state index contributed by atoms with van der Waals surface area (Å²) in [5, 5.41) is 21.2. The zero-order valence-electron chi connectivity index (χ0n) is 17.5. The van der Waals surface area contributed by atoms with Gasteiger partial charge in [-0.25, -0.2) is 9.59 Å². The summed E-state index contributed by atoms with van der Waals surface area (Å²) in [5.41, 5.74) is 6.39. The lowest BCUT2D eigenvalue weighted by atomic mass is 9.98. The molecular formula is C26H22N2O4. The number of carboxylic acid groups (broad SMARTS) is 1. The van der Waals surface area contributed by atoms with E-state index in [0.29, 0.717) is 11.1 Å². The zero-order valence-corrected chi connectivity index (χ0v) is 17.5. The predicted molar refractivity (Wildman–Crippen MR) is 119 cm³/mol. The average molecular weight is 426 g/mol. The molecule has 0 aromatic heterocycles. The molecule has 1 amide bonds. The Bertz CT molecular complexity index is 1180. The molecule has 0 unspecified atom stereocenters. The Morgan fingerprint density at radius 1 is 1.06 bits per heavy atom. The number of rotatable bonds is 6. The fraction of sp³-hybridized carbons (Fsp3) is 0.192. The maximum absolute atomic E-state index is 12.5. The van der Waals surface area contributed by atoms with Crippen LogP contribution in [0.5, 0.6) is 0 Å². The van der Waals surface area contributed by atoms with E-state index in [4.69, 9.17) is 10.00 Å². The van der Waals surface area contributed by atoms with E-state index < -0.39 is 18.1 Å². The number of aryl methyl sites for hydroxylation is 1. The van der Waals surface area contributed by atoms with Crippen LogP contribution in [0.25, 0.3) is 11.1 Å².